The lowest BCUT2D eigenvalue weighted by molar-refractivity contribution is -0.0229. The lowest BCUT2D eigenvalue weighted by Crippen LogP contribution is -2.50. The Morgan fingerprint density at radius 1 is 1.58 bits per heavy atom. The first-order valence-electron chi connectivity index (χ1n) is 6.30. The Balaban J connectivity index is 2.30. The van der Waals surface area contributed by atoms with Crippen molar-refractivity contribution in [1.82, 2.24) is 4.31 Å². The number of thiophene rings is 1. The Labute approximate surface area is 117 Å². The number of rotatable bonds is 4. The molecule has 1 aliphatic heterocycles. The van der Waals surface area contributed by atoms with Crippen LogP contribution in [-0.4, -0.2) is 43.1 Å². The smallest absolute Gasteiger partial charge is 0.252 e. The van der Waals surface area contributed by atoms with E-state index < -0.39 is 10.0 Å². The third kappa shape index (κ3) is 3.00. The topological polar surface area (TPSA) is 66.8 Å². The van der Waals surface area contributed by atoms with Gasteiger partial charge in [0.1, 0.15) is 4.21 Å². The van der Waals surface area contributed by atoms with Crippen molar-refractivity contribution in [2.45, 2.75) is 43.2 Å². The van der Waals surface area contributed by atoms with Crippen molar-refractivity contribution in [3.8, 4) is 0 Å². The van der Waals surface area contributed by atoms with Crippen LogP contribution in [0.1, 0.15) is 25.8 Å². The second-order valence-electron chi connectivity index (χ2n) is 4.71. The van der Waals surface area contributed by atoms with E-state index in [9.17, 15) is 8.42 Å². The Kier molecular flexibility index (Phi) is 4.62. The minimum absolute atomic E-state index is 0.0881. The molecule has 2 heterocycles. The summed E-state index contributed by atoms with van der Waals surface area (Å²) in [6, 6.07) is 1.44. The third-order valence-electron chi connectivity index (χ3n) is 3.26. The molecular formula is C12H19NO4S2. The van der Waals surface area contributed by atoms with Crippen molar-refractivity contribution in [3.05, 3.63) is 17.0 Å². The van der Waals surface area contributed by atoms with Gasteiger partial charge in [-0.15, -0.1) is 11.3 Å². The molecule has 7 heteroatoms. The van der Waals surface area contributed by atoms with Gasteiger partial charge in [-0.1, -0.05) is 6.92 Å². The molecule has 1 fully saturated rings. The lowest BCUT2D eigenvalue weighted by Gasteiger charge is -2.36. The van der Waals surface area contributed by atoms with E-state index in [1.54, 1.807) is 11.4 Å². The van der Waals surface area contributed by atoms with Crippen LogP contribution in [0.25, 0.3) is 0 Å². The highest BCUT2D eigenvalue weighted by Gasteiger charge is 2.36. The molecule has 0 aromatic carbocycles. The molecule has 108 valence electrons. The van der Waals surface area contributed by atoms with Crippen molar-refractivity contribution >= 4 is 21.4 Å². The molecule has 2 atom stereocenters. The molecule has 0 amide bonds. The molecule has 0 spiro atoms. The van der Waals surface area contributed by atoms with Crippen LogP contribution in [0, 0.1) is 0 Å². The average molecular weight is 305 g/mol. The monoisotopic (exact) mass is 305 g/mol. The standard InChI is InChI=1S/C12H19NO4S2/c1-3-11-7-17-9(2)5-13(11)19(15,16)12-4-10(6-14)8-18-12/h4,8-9,11,14H,3,5-7H2,1-2H3. The Bertz CT molecular complexity index is 526. The van der Waals surface area contributed by atoms with Crippen LogP contribution in [0.3, 0.4) is 0 Å². The minimum atomic E-state index is -3.48. The van der Waals surface area contributed by atoms with Gasteiger partial charge in [-0.3, -0.25) is 0 Å². The molecule has 0 radical (unpaired) electrons. The van der Waals surface area contributed by atoms with Crippen LogP contribution < -0.4 is 0 Å². The van der Waals surface area contributed by atoms with Crippen molar-refractivity contribution in [1.29, 1.82) is 0 Å². The summed E-state index contributed by atoms with van der Waals surface area (Å²) in [6.07, 6.45) is 0.638. The maximum absolute atomic E-state index is 12.6. The molecule has 1 aromatic heterocycles. The molecule has 1 saturated heterocycles. The van der Waals surface area contributed by atoms with Gasteiger partial charge >= 0.3 is 0 Å². The number of aliphatic hydroxyl groups is 1. The highest BCUT2D eigenvalue weighted by Crippen LogP contribution is 2.28. The zero-order valence-electron chi connectivity index (χ0n) is 11.1. The van der Waals surface area contributed by atoms with Crippen LogP contribution in [0.4, 0.5) is 0 Å². The number of aliphatic hydroxyl groups excluding tert-OH is 1. The van der Waals surface area contributed by atoms with Crippen LogP contribution in [0.15, 0.2) is 15.7 Å². The maximum atomic E-state index is 12.6. The van der Waals surface area contributed by atoms with Crippen LogP contribution in [-0.2, 0) is 21.4 Å². The van der Waals surface area contributed by atoms with E-state index in [1.165, 1.54) is 4.31 Å². The number of morpholine rings is 1. The highest BCUT2D eigenvalue weighted by molar-refractivity contribution is 7.91. The maximum Gasteiger partial charge on any atom is 0.252 e. The Morgan fingerprint density at radius 3 is 2.89 bits per heavy atom. The fourth-order valence-electron chi connectivity index (χ4n) is 2.12. The van der Waals surface area contributed by atoms with Crippen LogP contribution in [0.2, 0.25) is 0 Å². The van der Waals surface area contributed by atoms with Crippen LogP contribution in [0.5, 0.6) is 0 Å². The molecule has 0 saturated carbocycles. The summed E-state index contributed by atoms with van der Waals surface area (Å²) >= 11 is 1.16. The Morgan fingerprint density at radius 2 is 2.32 bits per heavy atom. The van der Waals surface area contributed by atoms with E-state index in [1.807, 2.05) is 13.8 Å². The molecule has 1 aliphatic rings. The van der Waals surface area contributed by atoms with Crippen molar-refractivity contribution in [2.24, 2.45) is 0 Å². The summed E-state index contributed by atoms with van der Waals surface area (Å²) < 4.78 is 32.6. The number of nitrogens with zero attached hydrogens (tertiary/aromatic N) is 1. The first-order valence-corrected chi connectivity index (χ1v) is 8.62. The fourth-order valence-corrected chi connectivity index (χ4v) is 5.20. The molecule has 1 N–H and O–H groups in total. The minimum Gasteiger partial charge on any atom is -0.392 e. The molecule has 2 unspecified atom stereocenters. The van der Waals surface area contributed by atoms with Gasteiger partial charge in [0, 0.05) is 12.6 Å². The zero-order valence-corrected chi connectivity index (χ0v) is 12.7. The molecular weight excluding hydrogens is 286 g/mol. The Hall–Kier alpha value is -0.470. The fraction of sp³-hybridized carbons (Fsp3) is 0.667. The van der Waals surface area contributed by atoms with Gasteiger partial charge in [-0.25, -0.2) is 8.42 Å². The normalized spacial score (nSPS) is 25.6. The molecule has 5 nitrogen and oxygen atoms in total. The van der Waals surface area contributed by atoms with Crippen molar-refractivity contribution in [3.63, 3.8) is 0 Å². The summed E-state index contributed by atoms with van der Waals surface area (Å²) in [5.74, 6) is 0. The van der Waals surface area contributed by atoms with Gasteiger partial charge in [-0.2, -0.15) is 4.31 Å². The van der Waals surface area contributed by atoms with Crippen molar-refractivity contribution < 1.29 is 18.3 Å². The van der Waals surface area contributed by atoms with Gasteiger partial charge < -0.3 is 9.84 Å². The van der Waals surface area contributed by atoms with E-state index in [2.05, 4.69) is 0 Å². The summed E-state index contributed by atoms with van der Waals surface area (Å²) in [4.78, 5) is 0. The highest BCUT2D eigenvalue weighted by atomic mass is 32.2. The molecule has 0 aliphatic carbocycles. The number of hydrogen-bond acceptors (Lipinski definition) is 5. The largest absolute Gasteiger partial charge is 0.392 e. The lowest BCUT2D eigenvalue weighted by atomic mass is 10.2. The summed E-state index contributed by atoms with van der Waals surface area (Å²) in [5, 5.41) is 10.7. The summed E-state index contributed by atoms with van der Waals surface area (Å²) in [6.45, 7) is 4.52. The van der Waals surface area contributed by atoms with Gasteiger partial charge in [0.25, 0.3) is 10.0 Å². The molecule has 1 aromatic rings. The SMILES string of the molecule is CCC1COC(C)CN1S(=O)(=O)c1cc(CO)cs1. The molecule has 19 heavy (non-hydrogen) atoms. The molecule has 2 rings (SSSR count). The van der Waals surface area contributed by atoms with Gasteiger partial charge in [0.15, 0.2) is 0 Å². The summed E-state index contributed by atoms with van der Waals surface area (Å²) in [7, 11) is -3.48. The first-order chi connectivity index (χ1) is 8.98. The zero-order chi connectivity index (χ0) is 14.0. The first kappa shape index (κ1) is 14.9. The third-order valence-corrected chi connectivity index (χ3v) is 6.65. The van der Waals surface area contributed by atoms with E-state index in [0.29, 0.717) is 22.9 Å². The second-order valence-corrected chi connectivity index (χ2v) is 7.74. The predicted octanol–water partition coefficient (Wildman–Crippen LogP) is 1.43. The van der Waals surface area contributed by atoms with E-state index in [0.717, 1.165) is 17.8 Å². The van der Waals surface area contributed by atoms with E-state index in [4.69, 9.17) is 9.84 Å². The predicted molar refractivity (Wildman–Crippen MR) is 73.6 cm³/mol. The number of sulfonamides is 1. The van der Waals surface area contributed by atoms with Crippen LogP contribution >= 0.6 is 11.3 Å². The van der Waals surface area contributed by atoms with E-state index in [-0.39, 0.29) is 18.8 Å². The van der Waals surface area contributed by atoms with Gasteiger partial charge in [-0.05, 0) is 30.4 Å². The average Bonchev–Trinajstić information content (AvgIpc) is 2.88. The van der Waals surface area contributed by atoms with Gasteiger partial charge in [0.05, 0.1) is 19.3 Å². The summed E-state index contributed by atoms with van der Waals surface area (Å²) in [5.41, 5.74) is 0.637. The molecule has 0 bridgehead atoms. The number of ether oxygens (including phenoxy) is 1. The number of hydrogen-bond donors (Lipinski definition) is 1. The van der Waals surface area contributed by atoms with Gasteiger partial charge in [0.2, 0.25) is 0 Å². The van der Waals surface area contributed by atoms with Crippen molar-refractivity contribution in [2.75, 3.05) is 13.2 Å². The quantitative estimate of drug-likeness (QED) is 0.914. The second kappa shape index (κ2) is 5.88. The van der Waals surface area contributed by atoms with E-state index >= 15 is 0 Å².